The lowest BCUT2D eigenvalue weighted by atomic mass is 10.3. The number of phenolic OH excluding ortho intramolecular Hbond substituents is 2. The first-order valence-electron chi connectivity index (χ1n) is 3.50. The van der Waals surface area contributed by atoms with Gasteiger partial charge in [0, 0.05) is 0 Å². The Bertz CT molecular complexity index is 259. The quantitative estimate of drug-likeness (QED) is 0.577. The Labute approximate surface area is 69.7 Å². The summed E-state index contributed by atoms with van der Waals surface area (Å²) in [4.78, 5) is 0. The van der Waals surface area contributed by atoms with E-state index in [-0.39, 0.29) is 30.5 Å². The van der Waals surface area contributed by atoms with Crippen LogP contribution < -0.4 is 4.74 Å². The molecule has 0 heterocycles. The van der Waals surface area contributed by atoms with Crippen molar-refractivity contribution in [1.82, 2.24) is 0 Å². The molecule has 0 unspecified atom stereocenters. The van der Waals surface area contributed by atoms with Crippen LogP contribution in [0.2, 0.25) is 0 Å². The summed E-state index contributed by atoms with van der Waals surface area (Å²) < 4.78 is 4.91. The van der Waals surface area contributed by atoms with E-state index in [4.69, 9.17) is 20.1 Å². The minimum atomic E-state index is -0.300. The smallest absolute Gasteiger partial charge is 0.200 e. The lowest BCUT2D eigenvalue weighted by molar-refractivity contribution is 0.196. The zero-order chi connectivity index (χ0) is 8.97. The fourth-order valence-electron chi connectivity index (χ4n) is 0.783. The fourth-order valence-corrected chi connectivity index (χ4v) is 0.783. The van der Waals surface area contributed by atoms with Crippen LogP contribution >= 0.6 is 0 Å². The van der Waals surface area contributed by atoms with Gasteiger partial charge in [0.1, 0.15) is 6.61 Å². The Morgan fingerprint density at radius 1 is 1.25 bits per heavy atom. The molecule has 0 saturated carbocycles. The van der Waals surface area contributed by atoms with Gasteiger partial charge in [-0.05, 0) is 12.1 Å². The van der Waals surface area contributed by atoms with Crippen LogP contribution in [0.25, 0.3) is 0 Å². The Kier molecular flexibility index (Phi) is 2.76. The second-order valence-corrected chi connectivity index (χ2v) is 2.20. The van der Waals surface area contributed by atoms with Crippen molar-refractivity contribution in [1.29, 1.82) is 0 Å². The second kappa shape index (κ2) is 3.82. The van der Waals surface area contributed by atoms with Gasteiger partial charge in [-0.2, -0.15) is 0 Å². The molecule has 3 N–H and O–H groups in total. The maximum absolute atomic E-state index is 9.17. The van der Waals surface area contributed by atoms with Crippen molar-refractivity contribution in [3.05, 3.63) is 18.2 Å². The molecule has 0 amide bonds. The number of rotatable bonds is 3. The summed E-state index contributed by atoms with van der Waals surface area (Å²) in [5.74, 6) is -0.361. The van der Waals surface area contributed by atoms with Crippen LogP contribution in [-0.4, -0.2) is 28.5 Å². The van der Waals surface area contributed by atoms with Gasteiger partial charge in [-0.3, -0.25) is 0 Å². The van der Waals surface area contributed by atoms with E-state index in [1.54, 1.807) is 6.07 Å². The Balaban J connectivity index is 2.78. The summed E-state index contributed by atoms with van der Waals surface area (Å²) in [5.41, 5.74) is 0. The molecule has 1 aromatic carbocycles. The standard InChI is InChI=1S/C8H10O4/c9-4-5-12-7-3-1-2-6(10)8(7)11/h1-3,9-11H,4-5H2. The normalized spacial score (nSPS) is 9.75. The maximum atomic E-state index is 9.17. The van der Waals surface area contributed by atoms with Crippen LogP contribution in [0.3, 0.4) is 0 Å². The molecule has 0 spiro atoms. The van der Waals surface area contributed by atoms with E-state index in [2.05, 4.69) is 0 Å². The molecule has 12 heavy (non-hydrogen) atoms. The summed E-state index contributed by atoms with van der Waals surface area (Å²) in [6, 6.07) is 4.40. The van der Waals surface area contributed by atoms with Crippen molar-refractivity contribution in [2.24, 2.45) is 0 Å². The van der Waals surface area contributed by atoms with Crippen LogP contribution in [-0.2, 0) is 0 Å². The third kappa shape index (κ3) is 1.79. The molecule has 66 valence electrons. The van der Waals surface area contributed by atoms with Crippen LogP contribution in [0.5, 0.6) is 17.2 Å². The highest BCUT2D eigenvalue weighted by molar-refractivity contribution is 5.48. The lowest BCUT2D eigenvalue weighted by Crippen LogP contribution is -2.01. The van der Waals surface area contributed by atoms with E-state index < -0.39 is 0 Å². The molecule has 4 heteroatoms. The lowest BCUT2D eigenvalue weighted by Gasteiger charge is -2.06. The van der Waals surface area contributed by atoms with Crippen molar-refractivity contribution >= 4 is 0 Å². The molecule has 0 atom stereocenters. The van der Waals surface area contributed by atoms with Crippen molar-refractivity contribution < 1.29 is 20.1 Å². The number of aliphatic hydroxyl groups excluding tert-OH is 1. The highest BCUT2D eigenvalue weighted by Gasteiger charge is 2.05. The van der Waals surface area contributed by atoms with Crippen LogP contribution in [0.4, 0.5) is 0 Å². The molecule has 0 aromatic heterocycles. The number of hydrogen-bond donors (Lipinski definition) is 3. The van der Waals surface area contributed by atoms with E-state index in [0.717, 1.165) is 0 Å². The molecule has 0 fully saturated rings. The predicted molar refractivity (Wildman–Crippen MR) is 42.4 cm³/mol. The SMILES string of the molecule is OCCOc1cccc(O)c1O. The predicted octanol–water partition coefficient (Wildman–Crippen LogP) is 0.469. The van der Waals surface area contributed by atoms with E-state index in [9.17, 15) is 0 Å². The number of hydrogen-bond acceptors (Lipinski definition) is 4. The van der Waals surface area contributed by atoms with Gasteiger partial charge >= 0.3 is 0 Å². The number of para-hydroxylation sites is 1. The first-order valence-corrected chi connectivity index (χ1v) is 3.50. The van der Waals surface area contributed by atoms with Crippen molar-refractivity contribution in [2.75, 3.05) is 13.2 Å². The van der Waals surface area contributed by atoms with Gasteiger partial charge in [0.25, 0.3) is 0 Å². The molecule has 0 radical (unpaired) electrons. The maximum Gasteiger partial charge on any atom is 0.200 e. The highest BCUT2D eigenvalue weighted by Crippen LogP contribution is 2.34. The second-order valence-electron chi connectivity index (χ2n) is 2.20. The third-order valence-electron chi connectivity index (χ3n) is 1.33. The minimum absolute atomic E-state index is 0.0943. The third-order valence-corrected chi connectivity index (χ3v) is 1.33. The van der Waals surface area contributed by atoms with Crippen molar-refractivity contribution in [3.8, 4) is 17.2 Å². The minimum Gasteiger partial charge on any atom is -0.504 e. The van der Waals surface area contributed by atoms with Crippen molar-refractivity contribution in [3.63, 3.8) is 0 Å². The van der Waals surface area contributed by atoms with E-state index >= 15 is 0 Å². The van der Waals surface area contributed by atoms with Gasteiger partial charge in [0.05, 0.1) is 6.61 Å². The molecule has 0 bridgehead atoms. The number of benzene rings is 1. The van der Waals surface area contributed by atoms with Gasteiger partial charge in [0.2, 0.25) is 5.75 Å². The molecule has 1 aromatic rings. The molecule has 0 aliphatic rings. The van der Waals surface area contributed by atoms with Gasteiger partial charge < -0.3 is 20.1 Å². The highest BCUT2D eigenvalue weighted by atomic mass is 16.5. The Morgan fingerprint density at radius 2 is 2.00 bits per heavy atom. The Morgan fingerprint density at radius 3 is 2.67 bits per heavy atom. The topological polar surface area (TPSA) is 69.9 Å². The van der Waals surface area contributed by atoms with E-state index in [1.165, 1.54) is 12.1 Å². The average Bonchev–Trinajstić information content (AvgIpc) is 2.08. The van der Waals surface area contributed by atoms with E-state index in [1.807, 2.05) is 0 Å². The first-order chi connectivity index (χ1) is 5.75. The molecular formula is C8H10O4. The van der Waals surface area contributed by atoms with Gasteiger partial charge in [-0.15, -0.1) is 0 Å². The van der Waals surface area contributed by atoms with Crippen LogP contribution in [0.1, 0.15) is 0 Å². The first kappa shape index (κ1) is 8.67. The van der Waals surface area contributed by atoms with E-state index in [0.29, 0.717) is 0 Å². The molecule has 0 saturated heterocycles. The van der Waals surface area contributed by atoms with Crippen molar-refractivity contribution in [2.45, 2.75) is 0 Å². The molecule has 0 aliphatic carbocycles. The summed E-state index contributed by atoms with van der Waals surface area (Å²) in [6.45, 7) is -0.0356. The molecule has 0 aliphatic heterocycles. The molecular weight excluding hydrogens is 160 g/mol. The zero-order valence-electron chi connectivity index (χ0n) is 6.40. The Hall–Kier alpha value is -1.42. The van der Waals surface area contributed by atoms with Crippen LogP contribution in [0, 0.1) is 0 Å². The molecule has 4 nitrogen and oxygen atoms in total. The molecule has 1 rings (SSSR count). The monoisotopic (exact) mass is 170 g/mol. The summed E-state index contributed by atoms with van der Waals surface area (Å²) in [7, 11) is 0. The van der Waals surface area contributed by atoms with Gasteiger partial charge in [-0.1, -0.05) is 6.07 Å². The fraction of sp³-hybridized carbons (Fsp3) is 0.250. The largest absolute Gasteiger partial charge is 0.504 e. The zero-order valence-corrected chi connectivity index (χ0v) is 6.40. The number of aliphatic hydroxyl groups is 1. The number of phenols is 2. The average molecular weight is 170 g/mol. The van der Waals surface area contributed by atoms with Crippen LogP contribution in [0.15, 0.2) is 18.2 Å². The summed E-state index contributed by atoms with van der Waals surface area (Å²) in [6.07, 6.45) is 0. The summed E-state index contributed by atoms with van der Waals surface area (Å²) in [5, 5.41) is 26.6. The number of ether oxygens (including phenoxy) is 1. The summed E-state index contributed by atoms with van der Waals surface area (Å²) >= 11 is 0. The number of aromatic hydroxyl groups is 2. The van der Waals surface area contributed by atoms with Gasteiger partial charge in [-0.25, -0.2) is 0 Å². The van der Waals surface area contributed by atoms with Gasteiger partial charge in [0.15, 0.2) is 11.5 Å².